The molecular formula is C9H6BrClN2O. The molecule has 3 nitrogen and oxygen atoms in total. The fourth-order valence-corrected chi connectivity index (χ4v) is 1.20. The lowest BCUT2D eigenvalue weighted by Gasteiger charge is -2.03. The molecular weight excluding hydrogens is 267 g/mol. The number of aliphatic hydroxyl groups is 1. The maximum Gasteiger partial charge on any atom is 0.147 e. The van der Waals surface area contributed by atoms with Crippen molar-refractivity contribution in [1.29, 1.82) is 5.26 Å². The highest BCUT2D eigenvalue weighted by molar-refractivity contribution is 9.10. The molecule has 1 heterocycles. The first-order valence-corrected chi connectivity index (χ1v) is 5.04. The van der Waals surface area contributed by atoms with Gasteiger partial charge < -0.3 is 5.11 Å². The summed E-state index contributed by atoms with van der Waals surface area (Å²) in [5.74, 6) is -0.229. The molecule has 0 fully saturated rings. The van der Waals surface area contributed by atoms with Gasteiger partial charge in [0.05, 0.1) is 5.69 Å². The SMILES string of the molecule is N#C/C(=C(/O)C(Cl)Br)c1ccccn1. The minimum absolute atomic E-state index is 0.0717. The number of rotatable bonds is 2. The van der Waals surface area contributed by atoms with Gasteiger partial charge in [0.25, 0.3) is 0 Å². The Kier molecular flexibility index (Phi) is 3.93. The minimum Gasteiger partial charge on any atom is -0.508 e. The Morgan fingerprint density at radius 2 is 2.36 bits per heavy atom. The monoisotopic (exact) mass is 272 g/mol. The Bertz CT molecular complexity index is 384. The molecule has 1 rings (SSSR count). The van der Waals surface area contributed by atoms with Crippen LogP contribution in [-0.2, 0) is 0 Å². The van der Waals surface area contributed by atoms with Gasteiger partial charge in [-0.3, -0.25) is 4.98 Å². The smallest absolute Gasteiger partial charge is 0.147 e. The van der Waals surface area contributed by atoms with E-state index in [0.717, 1.165) is 0 Å². The molecule has 0 spiro atoms. The third-order valence-corrected chi connectivity index (χ3v) is 2.14. The normalized spacial score (nSPS) is 14.1. The summed E-state index contributed by atoms with van der Waals surface area (Å²) in [6.07, 6.45) is 1.54. The van der Waals surface area contributed by atoms with Gasteiger partial charge in [0.15, 0.2) is 0 Å². The van der Waals surface area contributed by atoms with Crippen molar-refractivity contribution in [3.63, 3.8) is 0 Å². The number of aromatic nitrogens is 1. The summed E-state index contributed by atoms with van der Waals surface area (Å²) in [5.41, 5.74) is 0.472. The Balaban J connectivity index is 3.19. The van der Waals surface area contributed by atoms with Gasteiger partial charge in [-0.1, -0.05) is 22.0 Å². The van der Waals surface area contributed by atoms with E-state index < -0.39 is 4.29 Å². The molecule has 0 aliphatic heterocycles. The van der Waals surface area contributed by atoms with Gasteiger partial charge in [-0.15, -0.1) is 11.6 Å². The topological polar surface area (TPSA) is 56.9 Å². The third kappa shape index (κ3) is 2.47. The molecule has 0 amide bonds. The standard InChI is InChI=1S/C9H6BrClN2O/c10-9(11)8(14)6(5-12)7-3-1-2-4-13-7/h1-4,9,14H/b8-6-. The molecule has 1 aromatic heterocycles. The van der Waals surface area contributed by atoms with Crippen LogP contribution >= 0.6 is 27.5 Å². The molecule has 0 bridgehead atoms. The third-order valence-electron chi connectivity index (χ3n) is 1.50. The second kappa shape index (κ2) is 4.99. The van der Waals surface area contributed by atoms with Crippen LogP contribution in [0.2, 0.25) is 0 Å². The van der Waals surface area contributed by atoms with Gasteiger partial charge in [0.1, 0.15) is 21.7 Å². The van der Waals surface area contributed by atoms with E-state index in [-0.39, 0.29) is 11.3 Å². The molecule has 0 saturated heterocycles. The van der Waals surface area contributed by atoms with Crippen LogP contribution in [0.4, 0.5) is 0 Å². The average molecular weight is 274 g/mol. The summed E-state index contributed by atoms with van der Waals surface area (Å²) in [5, 5.41) is 18.3. The van der Waals surface area contributed by atoms with Crippen LogP contribution in [0.25, 0.3) is 5.57 Å². The second-order valence-corrected chi connectivity index (χ2v) is 4.27. The zero-order chi connectivity index (χ0) is 10.6. The van der Waals surface area contributed by atoms with Gasteiger partial charge in [0.2, 0.25) is 0 Å². The van der Waals surface area contributed by atoms with Gasteiger partial charge in [-0.2, -0.15) is 5.26 Å². The summed E-state index contributed by atoms with van der Waals surface area (Å²) >= 11 is 8.54. The van der Waals surface area contributed by atoms with Crippen molar-refractivity contribution >= 4 is 33.1 Å². The van der Waals surface area contributed by atoms with Crippen LogP contribution in [0.3, 0.4) is 0 Å². The predicted octanol–water partition coefficient (Wildman–Crippen LogP) is 2.83. The van der Waals surface area contributed by atoms with E-state index in [0.29, 0.717) is 5.69 Å². The molecule has 0 aliphatic carbocycles. The van der Waals surface area contributed by atoms with Gasteiger partial charge >= 0.3 is 0 Å². The van der Waals surface area contributed by atoms with Crippen molar-refractivity contribution in [1.82, 2.24) is 4.98 Å². The molecule has 5 heteroatoms. The number of hydrogen-bond donors (Lipinski definition) is 1. The van der Waals surface area contributed by atoms with E-state index in [2.05, 4.69) is 20.9 Å². The van der Waals surface area contributed by atoms with Crippen LogP contribution in [-0.4, -0.2) is 14.4 Å². The molecule has 14 heavy (non-hydrogen) atoms. The molecule has 0 saturated carbocycles. The van der Waals surface area contributed by atoms with Crippen LogP contribution in [0, 0.1) is 11.3 Å². The Morgan fingerprint density at radius 3 is 2.79 bits per heavy atom. The fraction of sp³-hybridized carbons (Fsp3) is 0.111. The maximum atomic E-state index is 9.48. The number of nitriles is 1. The summed E-state index contributed by atoms with van der Waals surface area (Å²) < 4.78 is -0.779. The first-order valence-electron chi connectivity index (χ1n) is 3.69. The summed E-state index contributed by atoms with van der Waals surface area (Å²) in [7, 11) is 0. The van der Waals surface area contributed by atoms with Crippen LogP contribution in [0.5, 0.6) is 0 Å². The van der Waals surface area contributed by atoms with E-state index in [1.54, 1.807) is 18.2 Å². The van der Waals surface area contributed by atoms with Gasteiger partial charge in [-0.05, 0) is 12.1 Å². The largest absolute Gasteiger partial charge is 0.508 e. The number of nitrogens with zero attached hydrogens (tertiary/aromatic N) is 2. The van der Waals surface area contributed by atoms with Crippen molar-refractivity contribution in [3.05, 3.63) is 35.8 Å². The lowest BCUT2D eigenvalue weighted by molar-refractivity contribution is 0.415. The number of halogens is 2. The lowest BCUT2D eigenvalue weighted by atomic mass is 10.1. The Morgan fingerprint density at radius 1 is 1.64 bits per heavy atom. The molecule has 0 aromatic carbocycles. The maximum absolute atomic E-state index is 9.48. The molecule has 0 radical (unpaired) electrons. The highest BCUT2D eigenvalue weighted by atomic mass is 79.9. The number of alkyl halides is 2. The van der Waals surface area contributed by atoms with E-state index in [1.807, 2.05) is 6.07 Å². The van der Waals surface area contributed by atoms with Crippen molar-refractivity contribution in [2.75, 3.05) is 0 Å². The molecule has 1 N–H and O–H groups in total. The van der Waals surface area contributed by atoms with Crippen LogP contribution < -0.4 is 0 Å². The van der Waals surface area contributed by atoms with Crippen molar-refractivity contribution < 1.29 is 5.11 Å². The average Bonchev–Trinajstić information content (AvgIpc) is 2.20. The Hall–Kier alpha value is -1.05. The molecule has 1 unspecified atom stereocenters. The predicted molar refractivity (Wildman–Crippen MR) is 58.0 cm³/mol. The Labute approximate surface area is 94.8 Å². The number of allylic oxidation sites excluding steroid dienone is 2. The quantitative estimate of drug-likeness (QED) is 0.512. The molecule has 0 aliphatic rings. The highest BCUT2D eigenvalue weighted by Gasteiger charge is 2.14. The zero-order valence-corrected chi connectivity index (χ0v) is 9.33. The molecule has 72 valence electrons. The van der Waals surface area contributed by atoms with Crippen molar-refractivity contribution in [3.8, 4) is 6.07 Å². The fourth-order valence-electron chi connectivity index (χ4n) is 0.866. The number of hydrogen-bond acceptors (Lipinski definition) is 3. The number of pyridine rings is 1. The first kappa shape index (κ1) is 11.0. The van der Waals surface area contributed by atoms with Crippen LogP contribution in [0.1, 0.15) is 5.69 Å². The van der Waals surface area contributed by atoms with E-state index in [4.69, 9.17) is 16.9 Å². The molecule has 1 aromatic rings. The van der Waals surface area contributed by atoms with Crippen LogP contribution in [0.15, 0.2) is 30.2 Å². The second-order valence-electron chi connectivity index (χ2n) is 2.39. The summed E-state index contributed by atoms with van der Waals surface area (Å²) in [6.45, 7) is 0. The molecule has 1 atom stereocenters. The lowest BCUT2D eigenvalue weighted by Crippen LogP contribution is -1.98. The van der Waals surface area contributed by atoms with Crippen molar-refractivity contribution in [2.45, 2.75) is 4.29 Å². The van der Waals surface area contributed by atoms with Gasteiger partial charge in [-0.25, -0.2) is 0 Å². The number of aliphatic hydroxyl groups excluding tert-OH is 1. The minimum atomic E-state index is -0.779. The van der Waals surface area contributed by atoms with Crippen molar-refractivity contribution in [2.24, 2.45) is 0 Å². The first-order chi connectivity index (χ1) is 6.66. The van der Waals surface area contributed by atoms with E-state index >= 15 is 0 Å². The summed E-state index contributed by atoms with van der Waals surface area (Å²) in [4.78, 5) is 3.93. The van der Waals surface area contributed by atoms with Gasteiger partial charge in [0, 0.05) is 6.20 Å². The van der Waals surface area contributed by atoms with E-state index in [1.165, 1.54) is 6.20 Å². The zero-order valence-electron chi connectivity index (χ0n) is 6.98. The summed E-state index contributed by atoms with van der Waals surface area (Å²) in [6, 6.07) is 6.93. The van der Waals surface area contributed by atoms with E-state index in [9.17, 15) is 5.11 Å². The highest BCUT2D eigenvalue weighted by Crippen LogP contribution is 2.22.